The predicted molar refractivity (Wildman–Crippen MR) is 124 cm³/mol. The molecule has 1 aromatic carbocycles. The van der Waals surface area contributed by atoms with Crippen LogP contribution in [0, 0.1) is 0 Å². The number of nitrogens with one attached hydrogen (secondary N) is 1. The fourth-order valence-corrected chi connectivity index (χ4v) is 4.87. The first-order valence-corrected chi connectivity index (χ1v) is 12.3. The Bertz CT molecular complexity index is 958. The number of hydrogen-bond donors (Lipinski definition) is 1. The van der Waals surface area contributed by atoms with E-state index in [-0.39, 0.29) is 5.91 Å². The topological polar surface area (TPSA) is 79.9 Å². The Morgan fingerprint density at radius 2 is 2.12 bits per heavy atom. The highest BCUT2D eigenvalue weighted by Gasteiger charge is 2.32. The number of nitrogens with zero attached hydrogens (tertiary/aromatic N) is 3. The minimum atomic E-state index is -0.0150. The van der Waals surface area contributed by atoms with Crippen molar-refractivity contribution in [2.75, 3.05) is 46.1 Å². The molecule has 5 rings (SSSR count). The molecule has 8 heteroatoms. The molecule has 1 aromatic heterocycles. The molecule has 8 nitrogen and oxygen atoms in total. The minimum absolute atomic E-state index is 0.0150. The maximum atomic E-state index is 13.4. The van der Waals surface area contributed by atoms with Crippen molar-refractivity contribution in [1.82, 2.24) is 20.0 Å². The van der Waals surface area contributed by atoms with Gasteiger partial charge in [-0.15, -0.1) is 0 Å². The summed E-state index contributed by atoms with van der Waals surface area (Å²) >= 11 is 0. The normalized spacial score (nSPS) is 22.3. The van der Waals surface area contributed by atoms with Gasteiger partial charge < -0.3 is 19.1 Å². The number of carbonyl (C=O) groups is 1. The average molecular weight is 455 g/mol. The summed E-state index contributed by atoms with van der Waals surface area (Å²) in [5.41, 5.74) is 2.72. The lowest BCUT2D eigenvalue weighted by Gasteiger charge is -2.31. The molecular weight excluding hydrogens is 420 g/mol. The Morgan fingerprint density at radius 3 is 2.97 bits per heavy atom. The van der Waals surface area contributed by atoms with Gasteiger partial charge in [-0.1, -0.05) is 12.1 Å². The van der Waals surface area contributed by atoms with Crippen molar-refractivity contribution in [3.8, 4) is 11.5 Å². The summed E-state index contributed by atoms with van der Waals surface area (Å²) in [4.78, 5) is 17.8. The van der Waals surface area contributed by atoms with Crippen molar-refractivity contribution in [2.45, 2.75) is 51.1 Å². The third-order valence-electron chi connectivity index (χ3n) is 6.76. The average Bonchev–Trinajstić information content (AvgIpc) is 3.38. The first-order chi connectivity index (χ1) is 16.2. The number of H-pyrrole nitrogens is 1. The number of benzene rings is 1. The number of aromatic nitrogens is 2. The van der Waals surface area contributed by atoms with E-state index in [1.807, 2.05) is 30.0 Å². The van der Waals surface area contributed by atoms with Crippen molar-refractivity contribution in [2.24, 2.45) is 0 Å². The van der Waals surface area contributed by atoms with Crippen LogP contribution in [0.25, 0.3) is 0 Å². The third-order valence-corrected chi connectivity index (χ3v) is 6.76. The molecule has 3 heterocycles. The summed E-state index contributed by atoms with van der Waals surface area (Å²) < 4.78 is 17.8. The minimum Gasteiger partial charge on any atom is -0.490 e. The highest BCUT2D eigenvalue weighted by atomic mass is 16.5. The van der Waals surface area contributed by atoms with E-state index in [0.29, 0.717) is 57.2 Å². The van der Waals surface area contributed by atoms with Gasteiger partial charge in [0, 0.05) is 42.9 Å². The molecule has 1 aliphatic carbocycles. The van der Waals surface area contributed by atoms with Crippen molar-refractivity contribution in [3.63, 3.8) is 0 Å². The molecule has 1 amide bonds. The second-order valence-corrected chi connectivity index (χ2v) is 9.14. The molecule has 0 radical (unpaired) electrons. The Balaban J connectivity index is 1.36. The first-order valence-electron chi connectivity index (χ1n) is 12.3. The number of amides is 1. The van der Waals surface area contributed by atoms with Gasteiger partial charge in [0.15, 0.2) is 11.5 Å². The van der Waals surface area contributed by atoms with Crippen LogP contribution in [0.4, 0.5) is 0 Å². The number of fused-ring (bicyclic) bond motifs is 2. The Kier molecular flexibility index (Phi) is 6.83. The second kappa shape index (κ2) is 10.1. The Hall–Kier alpha value is -2.58. The van der Waals surface area contributed by atoms with Gasteiger partial charge in [-0.3, -0.25) is 14.8 Å². The van der Waals surface area contributed by atoms with Crippen LogP contribution in [-0.2, 0) is 11.3 Å². The molecule has 0 bridgehead atoms. The van der Waals surface area contributed by atoms with Crippen LogP contribution in [0.1, 0.15) is 60.3 Å². The zero-order chi connectivity index (χ0) is 22.6. The molecule has 1 saturated heterocycles. The zero-order valence-corrected chi connectivity index (χ0v) is 19.4. The summed E-state index contributed by atoms with van der Waals surface area (Å²) in [6.45, 7) is 6.96. The van der Waals surface area contributed by atoms with Crippen molar-refractivity contribution < 1.29 is 19.0 Å². The van der Waals surface area contributed by atoms with Gasteiger partial charge >= 0.3 is 0 Å². The van der Waals surface area contributed by atoms with Crippen LogP contribution >= 0.6 is 0 Å². The van der Waals surface area contributed by atoms with Gasteiger partial charge in [-0.2, -0.15) is 5.10 Å². The number of aromatic amines is 1. The molecule has 0 spiro atoms. The van der Waals surface area contributed by atoms with Crippen LogP contribution in [0.2, 0.25) is 0 Å². The van der Waals surface area contributed by atoms with Gasteiger partial charge in [-0.25, -0.2) is 0 Å². The van der Waals surface area contributed by atoms with Gasteiger partial charge in [0.05, 0.1) is 19.8 Å². The van der Waals surface area contributed by atoms with E-state index in [0.717, 1.165) is 48.7 Å². The van der Waals surface area contributed by atoms with Crippen molar-refractivity contribution in [1.29, 1.82) is 0 Å². The first kappa shape index (κ1) is 22.2. The van der Waals surface area contributed by atoms with Crippen molar-refractivity contribution in [3.05, 3.63) is 41.2 Å². The van der Waals surface area contributed by atoms with Gasteiger partial charge in [0.2, 0.25) is 0 Å². The monoisotopic (exact) mass is 454 g/mol. The SMILES string of the molecule is CCOc1cccc2c1OCCOCCN(C(=O)c1cc(C3CC3)[nH]n1)C[C@@H]1CCCN1C2. The fraction of sp³-hybridized carbons (Fsp3) is 0.600. The standard InChI is InChI=1S/C25H34N4O4/c1-2-32-23-7-3-5-19-16-28-10-4-6-20(28)17-29(11-12-31-13-14-33-24(19)23)25(30)22-15-21(26-27-22)18-8-9-18/h3,5,7,15,18,20H,2,4,6,8-14,16-17H2,1H3,(H,26,27)/t20-/m0/s1. The summed E-state index contributed by atoms with van der Waals surface area (Å²) in [7, 11) is 0. The summed E-state index contributed by atoms with van der Waals surface area (Å²) in [6.07, 6.45) is 4.55. The fourth-order valence-electron chi connectivity index (χ4n) is 4.87. The molecule has 1 saturated carbocycles. The zero-order valence-electron chi connectivity index (χ0n) is 19.4. The van der Waals surface area contributed by atoms with E-state index in [2.05, 4.69) is 21.2 Å². The second-order valence-electron chi connectivity index (χ2n) is 9.14. The van der Waals surface area contributed by atoms with Crippen LogP contribution in [0.3, 0.4) is 0 Å². The number of para-hydroxylation sites is 1. The van der Waals surface area contributed by atoms with Crippen molar-refractivity contribution >= 4 is 5.91 Å². The third kappa shape index (κ3) is 5.17. The van der Waals surface area contributed by atoms with E-state index in [4.69, 9.17) is 14.2 Å². The smallest absolute Gasteiger partial charge is 0.274 e. The lowest BCUT2D eigenvalue weighted by Crippen LogP contribution is -2.44. The van der Waals surface area contributed by atoms with Crippen LogP contribution in [0.15, 0.2) is 24.3 Å². The molecule has 1 N–H and O–H groups in total. The maximum absolute atomic E-state index is 13.4. The number of ether oxygens (including phenoxy) is 3. The highest BCUT2D eigenvalue weighted by Crippen LogP contribution is 2.39. The lowest BCUT2D eigenvalue weighted by atomic mass is 10.1. The summed E-state index contributed by atoms with van der Waals surface area (Å²) in [5, 5.41) is 7.40. The number of rotatable bonds is 4. The molecule has 3 aliphatic rings. The lowest BCUT2D eigenvalue weighted by molar-refractivity contribution is 0.0534. The molecule has 2 fully saturated rings. The number of carbonyl (C=O) groups excluding carboxylic acids is 1. The van der Waals surface area contributed by atoms with Crippen LogP contribution < -0.4 is 9.47 Å². The van der Waals surface area contributed by atoms with E-state index >= 15 is 0 Å². The van der Waals surface area contributed by atoms with Gasteiger partial charge in [0.1, 0.15) is 12.3 Å². The van der Waals surface area contributed by atoms with Crippen LogP contribution in [-0.4, -0.2) is 78.0 Å². The molecule has 0 unspecified atom stereocenters. The van der Waals surface area contributed by atoms with E-state index < -0.39 is 0 Å². The van der Waals surface area contributed by atoms with Gasteiger partial charge in [-0.05, 0) is 51.3 Å². The van der Waals surface area contributed by atoms with E-state index in [9.17, 15) is 4.79 Å². The molecule has 2 aliphatic heterocycles. The molecule has 178 valence electrons. The largest absolute Gasteiger partial charge is 0.490 e. The predicted octanol–water partition coefficient (Wildman–Crippen LogP) is 3.20. The summed E-state index contributed by atoms with van der Waals surface area (Å²) in [6, 6.07) is 8.33. The molecular formula is C25H34N4O4. The summed E-state index contributed by atoms with van der Waals surface area (Å²) in [5.74, 6) is 2.12. The quantitative estimate of drug-likeness (QED) is 0.764. The van der Waals surface area contributed by atoms with Crippen LogP contribution in [0.5, 0.6) is 11.5 Å². The molecule has 2 aromatic rings. The van der Waals surface area contributed by atoms with E-state index in [1.54, 1.807) is 0 Å². The molecule has 1 atom stereocenters. The van der Waals surface area contributed by atoms with E-state index in [1.165, 1.54) is 12.8 Å². The Labute approximate surface area is 195 Å². The highest BCUT2D eigenvalue weighted by molar-refractivity contribution is 5.92. The Morgan fingerprint density at radius 1 is 1.21 bits per heavy atom. The van der Waals surface area contributed by atoms with Gasteiger partial charge in [0.25, 0.3) is 5.91 Å². The maximum Gasteiger partial charge on any atom is 0.274 e. The molecule has 33 heavy (non-hydrogen) atoms. The number of hydrogen-bond acceptors (Lipinski definition) is 6.